The minimum absolute atomic E-state index is 0.0595. The lowest BCUT2D eigenvalue weighted by molar-refractivity contribution is 0.0467. The van der Waals surface area contributed by atoms with Crippen LogP contribution in [0.2, 0.25) is 0 Å². The molecule has 24 heavy (non-hydrogen) atoms. The second kappa shape index (κ2) is 6.88. The molecule has 0 fully saturated rings. The Bertz CT molecular complexity index is 923. The molecule has 1 atom stereocenters. The normalized spacial score (nSPS) is 12.1. The Hall–Kier alpha value is -2.60. The fourth-order valence-corrected chi connectivity index (χ4v) is 2.78. The summed E-state index contributed by atoms with van der Waals surface area (Å²) in [5, 5.41) is 0. The number of carbonyl (C=O) groups is 1. The van der Waals surface area contributed by atoms with Crippen LogP contribution >= 0.6 is 0 Å². The summed E-state index contributed by atoms with van der Waals surface area (Å²) in [4.78, 5) is 21.8. The third-order valence-corrected chi connectivity index (χ3v) is 4.54. The predicted octanol–water partition coefficient (Wildman–Crippen LogP) is 3.03. The van der Waals surface area contributed by atoms with Gasteiger partial charge in [0.2, 0.25) is 0 Å². The van der Waals surface area contributed by atoms with Crippen LogP contribution in [0, 0.1) is 6.92 Å². The van der Waals surface area contributed by atoms with E-state index in [1.807, 2.05) is 31.2 Å². The van der Waals surface area contributed by atoms with Gasteiger partial charge >= 0.3 is 5.97 Å². The van der Waals surface area contributed by atoms with E-state index in [0.717, 1.165) is 16.7 Å². The van der Waals surface area contributed by atoms with Crippen molar-refractivity contribution in [2.75, 3.05) is 6.26 Å². The Balaban J connectivity index is 1.74. The fourth-order valence-electron chi connectivity index (χ4n) is 2.26. The molecule has 122 valence electrons. The zero-order chi connectivity index (χ0) is 17.1. The molecule has 0 saturated carbocycles. The minimum Gasteiger partial charge on any atom is -0.456 e. The second-order valence-corrected chi connectivity index (χ2v) is 6.68. The van der Waals surface area contributed by atoms with E-state index in [-0.39, 0.29) is 6.61 Å². The summed E-state index contributed by atoms with van der Waals surface area (Å²) in [5.41, 5.74) is 3.36. The van der Waals surface area contributed by atoms with Gasteiger partial charge in [0, 0.05) is 22.0 Å². The Labute approximate surface area is 142 Å². The highest BCUT2D eigenvalue weighted by atomic mass is 32.2. The van der Waals surface area contributed by atoms with Gasteiger partial charge in [0.25, 0.3) is 0 Å². The van der Waals surface area contributed by atoms with Crippen molar-refractivity contribution in [1.82, 2.24) is 9.97 Å². The summed E-state index contributed by atoms with van der Waals surface area (Å²) in [5.74, 6) is -0.446. The number of rotatable bonds is 4. The Morgan fingerprint density at radius 2 is 1.67 bits per heavy atom. The molecule has 3 aromatic rings. The Kier molecular flexibility index (Phi) is 4.66. The van der Waals surface area contributed by atoms with Gasteiger partial charge in [0.15, 0.2) is 0 Å². The highest BCUT2D eigenvalue weighted by Crippen LogP contribution is 2.14. The number of hydrogen-bond donors (Lipinski definition) is 0. The van der Waals surface area contributed by atoms with E-state index in [9.17, 15) is 9.00 Å². The highest BCUT2D eigenvalue weighted by molar-refractivity contribution is 7.84. The van der Waals surface area contributed by atoms with Gasteiger partial charge in [-0.15, -0.1) is 0 Å². The summed E-state index contributed by atoms with van der Waals surface area (Å²) in [6.45, 7) is 1.90. The quantitative estimate of drug-likeness (QED) is 0.683. The number of aromatic nitrogens is 2. The first-order valence-corrected chi connectivity index (χ1v) is 8.93. The van der Waals surface area contributed by atoms with Crippen LogP contribution < -0.4 is 0 Å². The zero-order valence-corrected chi connectivity index (χ0v) is 14.2. The number of nitrogens with zero attached hydrogens (tertiary/aromatic N) is 2. The third-order valence-electron chi connectivity index (χ3n) is 3.60. The summed E-state index contributed by atoms with van der Waals surface area (Å²) >= 11 is 0. The standard InChI is InChI=1S/C18H16N2O3S/c1-12-17(20-16-6-4-3-5-15(16)19-12)11-23-18(21)13-7-9-14(10-8-13)24(2)22/h3-10H,11H2,1-2H3. The summed E-state index contributed by atoms with van der Waals surface area (Å²) in [7, 11) is -1.07. The molecule has 5 nitrogen and oxygen atoms in total. The topological polar surface area (TPSA) is 69.2 Å². The number of fused-ring (bicyclic) bond motifs is 1. The van der Waals surface area contributed by atoms with Crippen molar-refractivity contribution in [3.05, 3.63) is 65.5 Å². The molecule has 0 N–H and O–H groups in total. The van der Waals surface area contributed by atoms with E-state index in [1.54, 1.807) is 30.5 Å². The molecule has 0 spiro atoms. The lowest BCUT2D eigenvalue weighted by atomic mass is 10.2. The first-order valence-electron chi connectivity index (χ1n) is 7.37. The summed E-state index contributed by atoms with van der Waals surface area (Å²) in [6.07, 6.45) is 1.59. The fraction of sp³-hybridized carbons (Fsp3) is 0.167. The van der Waals surface area contributed by atoms with Gasteiger partial charge in [-0.2, -0.15) is 0 Å². The predicted molar refractivity (Wildman–Crippen MR) is 92.2 cm³/mol. The maximum atomic E-state index is 12.1. The van der Waals surface area contributed by atoms with E-state index in [2.05, 4.69) is 9.97 Å². The van der Waals surface area contributed by atoms with Gasteiger partial charge in [0.05, 0.1) is 28.0 Å². The van der Waals surface area contributed by atoms with Crippen molar-refractivity contribution in [3.63, 3.8) is 0 Å². The monoisotopic (exact) mass is 340 g/mol. The number of benzene rings is 2. The Morgan fingerprint density at radius 3 is 2.29 bits per heavy atom. The van der Waals surface area contributed by atoms with Gasteiger partial charge in [-0.25, -0.2) is 14.8 Å². The number of ether oxygens (including phenoxy) is 1. The number of aryl methyl sites for hydroxylation is 1. The number of carbonyl (C=O) groups excluding carboxylic acids is 1. The molecule has 1 unspecified atom stereocenters. The first-order chi connectivity index (χ1) is 11.5. The average molecular weight is 340 g/mol. The molecule has 0 radical (unpaired) electrons. The van der Waals surface area contributed by atoms with Crippen molar-refractivity contribution in [1.29, 1.82) is 0 Å². The highest BCUT2D eigenvalue weighted by Gasteiger charge is 2.11. The second-order valence-electron chi connectivity index (χ2n) is 5.30. The van der Waals surface area contributed by atoms with E-state index in [0.29, 0.717) is 16.2 Å². The van der Waals surface area contributed by atoms with Crippen LogP contribution in [0.1, 0.15) is 21.7 Å². The molecule has 1 aromatic heterocycles. The average Bonchev–Trinajstić information content (AvgIpc) is 2.59. The third kappa shape index (κ3) is 3.49. The molecule has 0 saturated heterocycles. The molecule has 0 bridgehead atoms. The van der Waals surface area contributed by atoms with Gasteiger partial charge in [-0.3, -0.25) is 4.21 Å². The number of para-hydroxylation sites is 2. The van der Waals surface area contributed by atoms with E-state index in [4.69, 9.17) is 4.74 Å². The van der Waals surface area contributed by atoms with Crippen LogP contribution in [-0.2, 0) is 22.1 Å². The summed E-state index contributed by atoms with van der Waals surface area (Å²) in [6, 6.07) is 14.1. The molecule has 0 amide bonds. The molecule has 2 aromatic carbocycles. The van der Waals surface area contributed by atoms with Crippen molar-refractivity contribution >= 4 is 27.8 Å². The first kappa shape index (κ1) is 16.3. The smallest absolute Gasteiger partial charge is 0.338 e. The molecule has 0 aliphatic carbocycles. The van der Waals surface area contributed by atoms with Crippen molar-refractivity contribution in [3.8, 4) is 0 Å². The Morgan fingerprint density at radius 1 is 1.04 bits per heavy atom. The van der Waals surface area contributed by atoms with E-state index < -0.39 is 16.8 Å². The van der Waals surface area contributed by atoms with Crippen LogP contribution in [0.4, 0.5) is 0 Å². The molecule has 3 rings (SSSR count). The number of esters is 1. The van der Waals surface area contributed by atoms with Crippen LogP contribution in [0.15, 0.2) is 53.4 Å². The molecule has 0 aliphatic rings. The molecular weight excluding hydrogens is 324 g/mol. The maximum absolute atomic E-state index is 12.1. The molecule has 0 aliphatic heterocycles. The maximum Gasteiger partial charge on any atom is 0.338 e. The van der Waals surface area contributed by atoms with Crippen LogP contribution in [-0.4, -0.2) is 26.4 Å². The van der Waals surface area contributed by atoms with Crippen LogP contribution in [0.25, 0.3) is 11.0 Å². The van der Waals surface area contributed by atoms with Crippen molar-refractivity contribution < 1.29 is 13.7 Å². The minimum atomic E-state index is -1.07. The molecule has 6 heteroatoms. The SMILES string of the molecule is Cc1nc2ccccc2nc1COC(=O)c1ccc(S(C)=O)cc1. The lowest BCUT2D eigenvalue weighted by Crippen LogP contribution is -2.08. The molecule has 1 heterocycles. The zero-order valence-electron chi connectivity index (χ0n) is 13.4. The van der Waals surface area contributed by atoms with Gasteiger partial charge in [-0.1, -0.05) is 12.1 Å². The molecular formula is C18H16N2O3S. The summed E-state index contributed by atoms with van der Waals surface area (Å²) < 4.78 is 16.7. The van der Waals surface area contributed by atoms with Gasteiger partial charge < -0.3 is 4.74 Å². The van der Waals surface area contributed by atoms with Gasteiger partial charge in [0.1, 0.15) is 6.61 Å². The van der Waals surface area contributed by atoms with Crippen LogP contribution in [0.5, 0.6) is 0 Å². The van der Waals surface area contributed by atoms with Crippen molar-refractivity contribution in [2.24, 2.45) is 0 Å². The van der Waals surface area contributed by atoms with Crippen LogP contribution in [0.3, 0.4) is 0 Å². The van der Waals surface area contributed by atoms with E-state index >= 15 is 0 Å². The number of hydrogen-bond acceptors (Lipinski definition) is 5. The largest absolute Gasteiger partial charge is 0.456 e. The lowest BCUT2D eigenvalue weighted by Gasteiger charge is -2.08. The van der Waals surface area contributed by atoms with Crippen molar-refractivity contribution in [2.45, 2.75) is 18.4 Å². The van der Waals surface area contributed by atoms with Gasteiger partial charge in [-0.05, 0) is 43.3 Å². The van der Waals surface area contributed by atoms with E-state index in [1.165, 1.54) is 0 Å².